The van der Waals surface area contributed by atoms with E-state index in [0.29, 0.717) is 5.82 Å². The van der Waals surface area contributed by atoms with Crippen LogP contribution in [0.2, 0.25) is 0 Å². The second-order valence-corrected chi connectivity index (χ2v) is 3.10. The smallest absolute Gasteiger partial charge is 0.225 e. The van der Waals surface area contributed by atoms with E-state index >= 15 is 0 Å². The van der Waals surface area contributed by atoms with Gasteiger partial charge in [-0.1, -0.05) is 20.3 Å². The molecule has 1 rings (SSSR count). The van der Waals surface area contributed by atoms with Crippen molar-refractivity contribution in [1.29, 1.82) is 0 Å². The maximum atomic E-state index is 5.45. The number of anilines is 2. The van der Waals surface area contributed by atoms with E-state index in [9.17, 15) is 0 Å². The van der Waals surface area contributed by atoms with Gasteiger partial charge >= 0.3 is 0 Å². The summed E-state index contributed by atoms with van der Waals surface area (Å²) in [5.74, 6) is 1.38. The van der Waals surface area contributed by atoms with Gasteiger partial charge in [-0.3, -0.25) is 0 Å². The lowest BCUT2D eigenvalue weighted by Crippen LogP contribution is -2.09. The van der Waals surface area contributed by atoms with Gasteiger partial charge in [-0.15, -0.1) is 0 Å². The number of nitrogens with zero attached hydrogens (tertiary/aromatic N) is 3. The molecular weight excluding hydrogens is 166 g/mol. The summed E-state index contributed by atoms with van der Waals surface area (Å²) in [6.45, 7) is 4.17. The quantitative estimate of drug-likeness (QED) is 0.724. The highest BCUT2D eigenvalue weighted by Crippen LogP contribution is 2.17. The molecule has 0 spiro atoms. The first-order chi connectivity index (χ1) is 6.13. The minimum absolute atomic E-state index is 0.199. The molecule has 1 heterocycles. The van der Waals surface area contributed by atoms with Gasteiger partial charge in [-0.2, -0.15) is 15.0 Å². The second kappa shape index (κ2) is 4.02. The van der Waals surface area contributed by atoms with Crippen LogP contribution in [0.15, 0.2) is 0 Å². The van der Waals surface area contributed by atoms with Crippen LogP contribution in [0.1, 0.15) is 38.4 Å². The topological polar surface area (TPSA) is 90.7 Å². The average Bonchev–Trinajstić information content (AvgIpc) is 2.03. The molecule has 1 aromatic heterocycles. The van der Waals surface area contributed by atoms with Crippen LogP contribution < -0.4 is 11.5 Å². The number of nitrogen functional groups attached to an aromatic ring is 2. The summed E-state index contributed by atoms with van der Waals surface area (Å²) >= 11 is 0. The summed E-state index contributed by atoms with van der Waals surface area (Å²) in [6, 6.07) is 0. The number of rotatable bonds is 3. The molecule has 13 heavy (non-hydrogen) atoms. The monoisotopic (exact) mass is 181 g/mol. The standard InChI is InChI=1S/C8H15N5/c1-3-4-5(2)6-11-7(9)13-8(10)12-6/h5H,3-4H2,1-2H3,(H4,9,10,11,12,13). The van der Waals surface area contributed by atoms with Gasteiger partial charge in [0.05, 0.1) is 0 Å². The van der Waals surface area contributed by atoms with Crippen molar-refractivity contribution in [2.24, 2.45) is 0 Å². The Kier molecular flexibility index (Phi) is 3.00. The van der Waals surface area contributed by atoms with E-state index in [1.807, 2.05) is 0 Å². The van der Waals surface area contributed by atoms with Crippen LogP contribution in [0.5, 0.6) is 0 Å². The SMILES string of the molecule is CCCC(C)c1nc(N)nc(N)n1. The molecule has 72 valence electrons. The van der Waals surface area contributed by atoms with Crippen LogP contribution in [-0.2, 0) is 0 Å². The molecule has 0 bridgehead atoms. The summed E-state index contributed by atoms with van der Waals surface area (Å²) in [7, 11) is 0. The maximum Gasteiger partial charge on any atom is 0.225 e. The van der Waals surface area contributed by atoms with Crippen molar-refractivity contribution in [3.8, 4) is 0 Å². The lowest BCUT2D eigenvalue weighted by molar-refractivity contribution is 0.625. The number of nitrogens with two attached hydrogens (primary N) is 2. The number of aromatic nitrogens is 3. The van der Waals surface area contributed by atoms with Gasteiger partial charge in [0.2, 0.25) is 11.9 Å². The maximum absolute atomic E-state index is 5.45. The molecule has 5 nitrogen and oxygen atoms in total. The first-order valence-electron chi connectivity index (χ1n) is 4.40. The summed E-state index contributed by atoms with van der Waals surface area (Å²) in [4.78, 5) is 11.8. The summed E-state index contributed by atoms with van der Waals surface area (Å²) < 4.78 is 0. The zero-order chi connectivity index (χ0) is 9.84. The van der Waals surface area contributed by atoms with Crippen molar-refractivity contribution in [2.45, 2.75) is 32.6 Å². The van der Waals surface area contributed by atoms with Crippen molar-refractivity contribution >= 4 is 11.9 Å². The van der Waals surface area contributed by atoms with E-state index in [2.05, 4.69) is 28.8 Å². The van der Waals surface area contributed by atoms with Gasteiger partial charge in [-0.25, -0.2) is 0 Å². The zero-order valence-electron chi connectivity index (χ0n) is 7.99. The first kappa shape index (κ1) is 9.70. The molecular formula is C8H15N5. The summed E-state index contributed by atoms with van der Waals surface area (Å²) in [6.07, 6.45) is 2.12. The fourth-order valence-corrected chi connectivity index (χ4v) is 1.21. The predicted molar refractivity (Wildman–Crippen MR) is 52.0 cm³/mol. The average molecular weight is 181 g/mol. The minimum atomic E-state index is 0.199. The van der Waals surface area contributed by atoms with Crippen molar-refractivity contribution in [1.82, 2.24) is 15.0 Å². The Morgan fingerprint density at radius 3 is 2.15 bits per heavy atom. The fourth-order valence-electron chi connectivity index (χ4n) is 1.21. The highest BCUT2D eigenvalue weighted by atomic mass is 15.1. The van der Waals surface area contributed by atoms with Gasteiger partial charge in [0.1, 0.15) is 5.82 Å². The van der Waals surface area contributed by atoms with Crippen LogP contribution in [0.25, 0.3) is 0 Å². The summed E-state index contributed by atoms with van der Waals surface area (Å²) in [5.41, 5.74) is 10.9. The Bertz CT molecular complexity index is 266. The molecule has 4 N–H and O–H groups in total. The van der Waals surface area contributed by atoms with E-state index in [-0.39, 0.29) is 17.8 Å². The van der Waals surface area contributed by atoms with E-state index in [4.69, 9.17) is 11.5 Å². The molecule has 0 aliphatic rings. The van der Waals surface area contributed by atoms with E-state index in [0.717, 1.165) is 12.8 Å². The lowest BCUT2D eigenvalue weighted by atomic mass is 10.1. The summed E-state index contributed by atoms with van der Waals surface area (Å²) in [5, 5.41) is 0. The number of hydrogen-bond acceptors (Lipinski definition) is 5. The van der Waals surface area contributed by atoms with Crippen LogP contribution >= 0.6 is 0 Å². The third kappa shape index (κ3) is 2.54. The van der Waals surface area contributed by atoms with E-state index in [1.54, 1.807) is 0 Å². The Balaban J connectivity index is 2.87. The zero-order valence-corrected chi connectivity index (χ0v) is 7.99. The largest absolute Gasteiger partial charge is 0.368 e. The number of hydrogen-bond donors (Lipinski definition) is 2. The third-order valence-electron chi connectivity index (χ3n) is 1.85. The van der Waals surface area contributed by atoms with Gasteiger partial charge in [0, 0.05) is 5.92 Å². The van der Waals surface area contributed by atoms with Crippen molar-refractivity contribution in [3.63, 3.8) is 0 Å². The van der Waals surface area contributed by atoms with Crippen LogP contribution in [0, 0.1) is 0 Å². The Labute approximate surface area is 77.6 Å². The molecule has 0 aliphatic carbocycles. The first-order valence-corrected chi connectivity index (χ1v) is 4.40. The third-order valence-corrected chi connectivity index (χ3v) is 1.85. The molecule has 5 heteroatoms. The van der Waals surface area contributed by atoms with Crippen LogP contribution in [-0.4, -0.2) is 15.0 Å². The van der Waals surface area contributed by atoms with E-state index < -0.39 is 0 Å². The molecule has 1 aromatic rings. The van der Waals surface area contributed by atoms with Crippen molar-refractivity contribution < 1.29 is 0 Å². The van der Waals surface area contributed by atoms with Crippen molar-refractivity contribution in [2.75, 3.05) is 11.5 Å². The predicted octanol–water partition coefficient (Wildman–Crippen LogP) is 0.940. The van der Waals surface area contributed by atoms with Crippen molar-refractivity contribution in [3.05, 3.63) is 5.82 Å². The van der Waals surface area contributed by atoms with Gasteiger partial charge in [-0.05, 0) is 6.42 Å². The molecule has 0 aromatic carbocycles. The highest BCUT2D eigenvalue weighted by molar-refractivity contribution is 5.26. The molecule has 0 saturated heterocycles. The van der Waals surface area contributed by atoms with Gasteiger partial charge in [0.15, 0.2) is 0 Å². The van der Waals surface area contributed by atoms with Gasteiger partial charge in [0.25, 0.3) is 0 Å². The fraction of sp³-hybridized carbons (Fsp3) is 0.625. The molecule has 1 unspecified atom stereocenters. The second-order valence-electron chi connectivity index (χ2n) is 3.10. The molecule has 0 saturated carbocycles. The Morgan fingerprint density at radius 2 is 1.69 bits per heavy atom. The normalized spacial score (nSPS) is 12.8. The lowest BCUT2D eigenvalue weighted by Gasteiger charge is -2.08. The molecule has 0 radical (unpaired) electrons. The molecule has 0 aliphatic heterocycles. The van der Waals surface area contributed by atoms with Crippen LogP contribution in [0.4, 0.5) is 11.9 Å². The van der Waals surface area contributed by atoms with Gasteiger partial charge < -0.3 is 11.5 Å². The Hall–Kier alpha value is -1.39. The Morgan fingerprint density at radius 1 is 1.15 bits per heavy atom. The molecule has 0 amide bonds. The van der Waals surface area contributed by atoms with E-state index in [1.165, 1.54) is 0 Å². The highest BCUT2D eigenvalue weighted by Gasteiger charge is 2.09. The molecule has 1 atom stereocenters. The van der Waals surface area contributed by atoms with Crippen LogP contribution in [0.3, 0.4) is 0 Å². The minimum Gasteiger partial charge on any atom is -0.368 e. The molecule has 0 fully saturated rings.